The second-order valence-electron chi connectivity index (χ2n) is 4.94. The van der Waals surface area contributed by atoms with Crippen molar-refractivity contribution in [2.75, 3.05) is 0 Å². The first-order chi connectivity index (χ1) is 8.40. The van der Waals surface area contributed by atoms with Crippen LogP contribution >= 0.6 is 11.6 Å². The molecule has 0 aliphatic rings. The number of nitrogens with one attached hydrogen (secondary N) is 1. The van der Waals surface area contributed by atoms with E-state index in [2.05, 4.69) is 26.1 Å². The van der Waals surface area contributed by atoms with Crippen molar-refractivity contribution in [2.24, 2.45) is 5.92 Å². The molecular formula is C13H19ClN2O2. The molecule has 1 unspecified atom stereocenters. The second kappa shape index (κ2) is 6.71. The molecule has 0 fully saturated rings. The second-order valence-corrected chi connectivity index (χ2v) is 5.38. The first-order valence-electron chi connectivity index (χ1n) is 6.06. The molecule has 18 heavy (non-hydrogen) atoms. The molecule has 0 aliphatic heterocycles. The molecular weight excluding hydrogens is 252 g/mol. The van der Waals surface area contributed by atoms with Crippen molar-refractivity contribution in [1.29, 1.82) is 0 Å². The van der Waals surface area contributed by atoms with Gasteiger partial charge in [0.1, 0.15) is 0 Å². The van der Waals surface area contributed by atoms with E-state index in [-0.39, 0.29) is 5.69 Å². The van der Waals surface area contributed by atoms with Crippen molar-refractivity contribution < 1.29 is 4.92 Å². The van der Waals surface area contributed by atoms with Crippen molar-refractivity contribution >= 4 is 17.3 Å². The van der Waals surface area contributed by atoms with Crippen LogP contribution in [0.15, 0.2) is 18.2 Å². The first kappa shape index (κ1) is 14.9. The van der Waals surface area contributed by atoms with Gasteiger partial charge in [-0.3, -0.25) is 10.1 Å². The van der Waals surface area contributed by atoms with Crippen LogP contribution in [-0.2, 0) is 6.54 Å². The zero-order valence-electron chi connectivity index (χ0n) is 10.9. The number of rotatable bonds is 6. The van der Waals surface area contributed by atoms with Crippen LogP contribution in [0.5, 0.6) is 0 Å². The van der Waals surface area contributed by atoms with E-state index in [1.54, 1.807) is 12.1 Å². The van der Waals surface area contributed by atoms with Crippen molar-refractivity contribution in [3.8, 4) is 0 Å². The van der Waals surface area contributed by atoms with Crippen LogP contribution in [-0.4, -0.2) is 11.0 Å². The van der Waals surface area contributed by atoms with E-state index in [4.69, 9.17) is 11.6 Å². The highest BCUT2D eigenvalue weighted by atomic mass is 35.5. The molecule has 0 bridgehead atoms. The summed E-state index contributed by atoms with van der Waals surface area (Å²) >= 11 is 5.77. The smallest absolute Gasteiger partial charge is 0.275 e. The maximum atomic E-state index is 10.9. The van der Waals surface area contributed by atoms with E-state index in [0.29, 0.717) is 29.1 Å². The van der Waals surface area contributed by atoms with Crippen LogP contribution < -0.4 is 5.32 Å². The Balaban J connectivity index is 2.70. The fourth-order valence-electron chi connectivity index (χ4n) is 1.93. The van der Waals surface area contributed by atoms with E-state index in [1.807, 2.05) is 0 Å². The number of nitro benzene ring substituents is 1. The highest BCUT2D eigenvalue weighted by Crippen LogP contribution is 2.23. The van der Waals surface area contributed by atoms with Crippen LogP contribution in [0.25, 0.3) is 0 Å². The normalized spacial score (nSPS) is 12.7. The predicted molar refractivity (Wildman–Crippen MR) is 73.9 cm³/mol. The lowest BCUT2D eigenvalue weighted by molar-refractivity contribution is -0.385. The molecule has 0 aliphatic carbocycles. The lowest BCUT2D eigenvalue weighted by Gasteiger charge is -2.15. The van der Waals surface area contributed by atoms with Gasteiger partial charge in [-0.2, -0.15) is 0 Å². The molecule has 1 rings (SSSR count). The Bertz CT molecular complexity index is 421. The van der Waals surface area contributed by atoms with E-state index in [0.717, 1.165) is 6.42 Å². The molecule has 100 valence electrons. The minimum absolute atomic E-state index is 0.0757. The number of hydrogen-bond acceptors (Lipinski definition) is 3. The van der Waals surface area contributed by atoms with E-state index in [1.165, 1.54) is 6.07 Å². The molecule has 1 atom stereocenters. The van der Waals surface area contributed by atoms with E-state index in [9.17, 15) is 10.1 Å². The van der Waals surface area contributed by atoms with Crippen LogP contribution in [0.1, 0.15) is 32.8 Å². The van der Waals surface area contributed by atoms with Crippen LogP contribution in [0.3, 0.4) is 0 Å². The number of nitro groups is 1. The zero-order chi connectivity index (χ0) is 13.7. The van der Waals surface area contributed by atoms with Crippen LogP contribution in [0.4, 0.5) is 5.69 Å². The van der Waals surface area contributed by atoms with Gasteiger partial charge in [-0.05, 0) is 31.4 Å². The lowest BCUT2D eigenvalue weighted by Crippen LogP contribution is -2.27. The molecule has 0 radical (unpaired) electrons. The SMILES string of the molecule is CC(C)CC(C)NCc1ccc(Cl)cc1[N+](=O)[O-]. The summed E-state index contributed by atoms with van der Waals surface area (Å²) in [5.41, 5.74) is 0.742. The predicted octanol–water partition coefficient (Wildman–Crippen LogP) is 3.77. The summed E-state index contributed by atoms with van der Waals surface area (Å²) in [4.78, 5) is 10.5. The van der Waals surface area contributed by atoms with Gasteiger partial charge in [0, 0.05) is 29.2 Å². The molecule has 1 aromatic rings. The summed E-state index contributed by atoms with van der Waals surface area (Å²) in [6.07, 6.45) is 1.04. The maximum Gasteiger partial charge on any atom is 0.275 e. The maximum absolute atomic E-state index is 10.9. The average Bonchev–Trinajstić information content (AvgIpc) is 2.26. The standard InChI is InChI=1S/C13H19ClN2O2/c1-9(2)6-10(3)15-8-11-4-5-12(14)7-13(11)16(17)18/h4-5,7,9-10,15H,6,8H2,1-3H3. The van der Waals surface area contributed by atoms with Gasteiger partial charge in [0.15, 0.2) is 0 Å². The molecule has 1 aromatic carbocycles. The molecule has 4 nitrogen and oxygen atoms in total. The summed E-state index contributed by atoms with van der Waals surface area (Å²) in [5, 5.41) is 14.6. The lowest BCUT2D eigenvalue weighted by atomic mass is 10.0. The molecule has 1 N–H and O–H groups in total. The molecule has 0 saturated heterocycles. The molecule has 0 saturated carbocycles. The number of halogens is 1. The summed E-state index contributed by atoms with van der Waals surface area (Å²) in [5.74, 6) is 0.604. The van der Waals surface area contributed by atoms with Crippen LogP contribution in [0.2, 0.25) is 5.02 Å². The Morgan fingerprint density at radius 2 is 2.06 bits per heavy atom. The van der Waals surface area contributed by atoms with Crippen molar-refractivity contribution in [1.82, 2.24) is 5.32 Å². The first-order valence-corrected chi connectivity index (χ1v) is 6.44. The van der Waals surface area contributed by atoms with E-state index >= 15 is 0 Å². The summed E-state index contributed by atoms with van der Waals surface area (Å²) in [7, 11) is 0. The fraction of sp³-hybridized carbons (Fsp3) is 0.538. The molecule has 0 amide bonds. The summed E-state index contributed by atoms with van der Waals surface area (Å²) in [6.45, 7) is 6.88. The van der Waals surface area contributed by atoms with Gasteiger partial charge in [0.25, 0.3) is 5.69 Å². The number of hydrogen-bond donors (Lipinski definition) is 1. The minimum Gasteiger partial charge on any atom is -0.310 e. The van der Waals surface area contributed by atoms with E-state index < -0.39 is 4.92 Å². The minimum atomic E-state index is -0.393. The molecule has 5 heteroatoms. The van der Waals surface area contributed by atoms with Crippen LogP contribution in [0, 0.1) is 16.0 Å². The molecule has 0 spiro atoms. The van der Waals surface area contributed by atoms with Gasteiger partial charge in [0.05, 0.1) is 4.92 Å². The Morgan fingerprint density at radius 3 is 2.61 bits per heavy atom. The number of benzene rings is 1. The third-order valence-electron chi connectivity index (χ3n) is 2.71. The van der Waals surface area contributed by atoms with Crippen molar-refractivity contribution in [2.45, 2.75) is 39.8 Å². The van der Waals surface area contributed by atoms with Gasteiger partial charge >= 0.3 is 0 Å². The van der Waals surface area contributed by atoms with Crippen molar-refractivity contribution in [3.05, 3.63) is 38.9 Å². The summed E-state index contributed by atoms with van der Waals surface area (Å²) in [6, 6.07) is 5.11. The van der Waals surface area contributed by atoms with Crippen molar-refractivity contribution in [3.63, 3.8) is 0 Å². The molecule has 0 heterocycles. The van der Waals surface area contributed by atoms with Gasteiger partial charge in [-0.1, -0.05) is 25.4 Å². The Hall–Kier alpha value is -1.13. The third kappa shape index (κ3) is 4.63. The fourth-order valence-corrected chi connectivity index (χ4v) is 2.10. The van der Waals surface area contributed by atoms with Gasteiger partial charge in [0.2, 0.25) is 0 Å². The Morgan fingerprint density at radius 1 is 1.39 bits per heavy atom. The topological polar surface area (TPSA) is 55.2 Å². The summed E-state index contributed by atoms with van der Waals surface area (Å²) < 4.78 is 0. The van der Waals surface area contributed by atoms with Gasteiger partial charge < -0.3 is 5.32 Å². The monoisotopic (exact) mass is 270 g/mol. The molecule has 0 aromatic heterocycles. The third-order valence-corrected chi connectivity index (χ3v) is 2.95. The zero-order valence-corrected chi connectivity index (χ0v) is 11.7. The Kier molecular flexibility index (Phi) is 5.56. The quantitative estimate of drug-likeness (QED) is 0.632. The van der Waals surface area contributed by atoms with Gasteiger partial charge in [-0.25, -0.2) is 0 Å². The Labute approximate surface area is 112 Å². The van der Waals surface area contributed by atoms with Gasteiger partial charge in [-0.15, -0.1) is 0 Å². The average molecular weight is 271 g/mol. The highest BCUT2D eigenvalue weighted by molar-refractivity contribution is 6.30. The largest absolute Gasteiger partial charge is 0.310 e. The number of nitrogens with zero attached hydrogens (tertiary/aromatic N) is 1. The highest BCUT2D eigenvalue weighted by Gasteiger charge is 2.14.